The van der Waals surface area contributed by atoms with Crippen LogP contribution in [0.5, 0.6) is 0 Å². The molecule has 0 N–H and O–H groups in total. The van der Waals surface area contributed by atoms with Gasteiger partial charge in [0.2, 0.25) is 0 Å². The van der Waals surface area contributed by atoms with Crippen molar-refractivity contribution < 1.29 is 0 Å². The zero-order valence-corrected chi connectivity index (χ0v) is 22.8. The molecule has 3 rings (SSSR count). The quantitative estimate of drug-likeness (QED) is 0.348. The van der Waals surface area contributed by atoms with Gasteiger partial charge in [0.05, 0.1) is 0 Å². The average molecular weight is 460 g/mol. The molecule has 0 radical (unpaired) electrons. The van der Waals surface area contributed by atoms with Crippen LogP contribution >= 0.6 is 0 Å². The van der Waals surface area contributed by atoms with E-state index in [4.69, 9.17) is 0 Å². The largest absolute Gasteiger partial charge is 0.300 e. The van der Waals surface area contributed by atoms with E-state index in [9.17, 15) is 0 Å². The topological polar surface area (TPSA) is 3.24 Å². The molecule has 2 aliphatic carbocycles. The molecular formula is C32H61N. The number of likely N-dealkylation sites (tertiary alicyclic amines) is 1. The van der Waals surface area contributed by atoms with Crippen molar-refractivity contribution in [1.29, 1.82) is 0 Å². The molecule has 1 heterocycles. The van der Waals surface area contributed by atoms with E-state index in [-0.39, 0.29) is 0 Å². The number of rotatable bonds is 0. The van der Waals surface area contributed by atoms with Gasteiger partial charge in [-0.05, 0) is 57.4 Å². The fourth-order valence-electron chi connectivity index (χ4n) is 7.84. The Morgan fingerprint density at radius 3 is 0.879 bits per heavy atom. The van der Waals surface area contributed by atoms with Crippen molar-refractivity contribution in [2.24, 2.45) is 11.8 Å². The number of nitrogens with zero attached hydrogens (tertiary/aromatic N) is 1. The van der Waals surface area contributed by atoms with Gasteiger partial charge in [0, 0.05) is 12.1 Å². The van der Waals surface area contributed by atoms with Gasteiger partial charge < -0.3 is 0 Å². The van der Waals surface area contributed by atoms with Gasteiger partial charge >= 0.3 is 0 Å². The third-order valence-electron chi connectivity index (χ3n) is 9.93. The minimum atomic E-state index is 0.874. The molecule has 0 amide bonds. The minimum absolute atomic E-state index is 0.874. The lowest BCUT2D eigenvalue weighted by Gasteiger charge is -2.45. The zero-order valence-electron chi connectivity index (χ0n) is 22.8. The maximum Gasteiger partial charge on any atom is 0.0123 e. The standard InChI is InChI=1S/C32H61N/c1-33-31-27-20-16-12-8-4-2-3-6-10-14-18-23-29(31)25-22-26-30-24-19-15-11-7-5-9-13-17-21-28-32(30)33/h29-32H,2-28H2,1H3. The van der Waals surface area contributed by atoms with Crippen LogP contribution in [0.15, 0.2) is 0 Å². The Bertz CT molecular complexity index is 459. The lowest BCUT2D eigenvalue weighted by molar-refractivity contribution is 0.0402. The molecular weight excluding hydrogens is 398 g/mol. The average Bonchev–Trinajstić information content (AvgIpc) is 2.82. The molecule has 0 spiro atoms. The second-order valence-corrected chi connectivity index (χ2v) is 12.5. The molecule has 2 saturated carbocycles. The highest BCUT2D eigenvalue weighted by molar-refractivity contribution is 4.89. The van der Waals surface area contributed by atoms with E-state index >= 15 is 0 Å². The first-order chi connectivity index (χ1) is 16.4. The van der Waals surface area contributed by atoms with Crippen LogP contribution in [0.3, 0.4) is 0 Å². The van der Waals surface area contributed by atoms with Gasteiger partial charge in [-0.1, -0.05) is 135 Å². The highest BCUT2D eigenvalue weighted by Gasteiger charge is 2.35. The van der Waals surface area contributed by atoms with Crippen LogP contribution in [-0.2, 0) is 0 Å². The van der Waals surface area contributed by atoms with E-state index in [1.54, 1.807) is 0 Å². The molecule has 4 unspecified atom stereocenters. The van der Waals surface area contributed by atoms with E-state index in [1.807, 2.05) is 0 Å². The van der Waals surface area contributed by atoms with Crippen molar-refractivity contribution >= 4 is 0 Å². The third kappa shape index (κ3) is 10.6. The Hall–Kier alpha value is -0.0400. The van der Waals surface area contributed by atoms with Crippen LogP contribution in [0.2, 0.25) is 0 Å². The SMILES string of the molecule is CN1C2CCCCCCCCCCCCCC2CCCC2CCCCCCCCCCCC21. The molecule has 3 aliphatic rings. The normalized spacial score (nSPS) is 34.5. The summed E-state index contributed by atoms with van der Waals surface area (Å²) in [5, 5.41) is 0. The van der Waals surface area contributed by atoms with Gasteiger partial charge in [-0.15, -0.1) is 0 Å². The van der Waals surface area contributed by atoms with Crippen molar-refractivity contribution in [3.05, 3.63) is 0 Å². The van der Waals surface area contributed by atoms with Crippen molar-refractivity contribution in [3.63, 3.8) is 0 Å². The summed E-state index contributed by atoms with van der Waals surface area (Å²) in [6.07, 6.45) is 40.5. The molecule has 0 aromatic rings. The monoisotopic (exact) mass is 459 g/mol. The molecule has 1 aliphatic heterocycles. The lowest BCUT2D eigenvalue weighted by atomic mass is 9.77. The van der Waals surface area contributed by atoms with Crippen LogP contribution in [0, 0.1) is 11.8 Å². The molecule has 0 aromatic heterocycles. The minimum Gasteiger partial charge on any atom is -0.300 e. The predicted octanol–water partition coefficient (Wildman–Crippen LogP) is 10.5. The molecule has 1 saturated heterocycles. The maximum atomic E-state index is 3.02. The Morgan fingerprint density at radius 2 is 0.545 bits per heavy atom. The Balaban J connectivity index is 1.67. The zero-order chi connectivity index (χ0) is 23.0. The lowest BCUT2D eigenvalue weighted by Crippen LogP contribution is -2.49. The molecule has 1 nitrogen and oxygen atoms in total. The van der Waals surface area contributed by atoms with E-state index in [1.165, 1.54) is 173 Å². The van der Waals surface area contributed by atoms with E-state index < -0.39 is 0 Å². The van der Waals surface area contributed by atoms with Crippen LogP contribution in [-0.4, -0.2) is 24.0 Å². The number of fused-ring (bicyclic) bond motifs is 2. The van der Waals surface area contributed by atoms with Crippen molar-refractivity contribution in [2.75, 3.05) is 7.05 Å². The Morgan fingerprint density at radius 1 is 0.303 bits per heavy atom. The number of hydrogen-bond acceptors (Lipinski definition) is 1. The molecule has 194 valence electrons. The molecule has 3 fully saturated rings. The molecule has 0 aromatic carbocycles. The molecule has 0 bridgehead atoms. The van der Waals surface area contributed by atoms with Crippen LogP contribution in [0.25, 0.3) is 0 Å². The Kier molecular flexibility index (Phi) is 14.5. The van der Waals surface area contributed by atoms with Gasteiger partial charge in [-0.3, -0.25) is 4.90 Å². The van der Waals surface area contributed by atoms with Crippen molar-refractivity contribution in [1.82, 2.24) is 4.90 Å². The highest BCUT2D eigenvalue weighted by atomic mass is 15.2. The first kappa shape index (κ1) is 27.5. The Labute approximate surface area is 209 Å². The van der Waals surface area contributed by atoms with Crippen LogP contribution in [0.4, 0.5) is 0 Å². The maximum absolute atomic E-state index is 3.02. The summed E-state index contributed by atoms with van der Waals surface area (Å²) in [6.45, 7) is 0. The highest BCUT2D eigenvalue weighted by Crippen LogP contribution is 2.37. The van der Waals surface area contributed by atoms with Gasteiger partial charge in [-0.25, -0.2) is 0 Å². The fraction of sp³-hybridized carbons (Fsp3) is 1.00. The second kappa shape index (κ2) is 17.4. The van der Waals surface area contributed by atoms with Crippen molar-refractivity contribution in [3.8, 4) is 0 Å². The summed E-state index contributed by atoms with van der Waals surface area (Å²) in [7, 11) is 2.59. The van der Waals surface area contributed by atoms with Crippen molar-refractivity contribution in [2.45, 2.75) is 185 Å². The third-order valence-corrected chi connectivity index (χ3v) is 9.93. The van der Waals surface area contributed by atoms with E-state index in [2.05, 4.69) is 11.9 Å². The summed E-state index contributed by atoms with van der Waals surface area (Å²) >= 11 is 0. The number of hydrogen-bond donors (Lipinski definition) is 0. The molecule has 1 heteroatoms. The predicted molar refractivity (Wildman–Crippen MR) is 147 cm³/mol. The summed E-state index contributed by atoms with van der Waals surface area (Å²) < 4.78 is 0. The summed E-state index contributed by atoms with van der Waals surface area (Å²) in [4.78, 5) is 3.02. The first-order valence-electron chi connectivity index (χ1n) is 16.1. The summed E-state index contributed by atoms with van der Waals surface area (Å²) in [5.41, 5.74) is 0. The van der Waals surface area contributed by atoms with Gasteiger partial charge in [-0.2, -0.15) is 0 Å². The molecule has 4 atom stereocenters. The molecule has 33 heavy (non-hydrogen) atoms. The van der Waals surface area contributed by atoms with Crippen LogP contribution in [0.1, 0.15) is 173 Å². The van der Waals surface area contributed by atoms with E-state index in [0.717, 1.165) is 23.9 Å². The first-order valence-corrected chi connectivity index (χ1v) is 16.1. The second-order valence-electron chi connectivity index (χ2n) is 12.5. The van der Waals surface area contributed by atoms with E-state index in [0.29, 0.717) is 0 Å². The van der Waals surface area contributed by atoms with Gasteiger partial charge in [0.25, 0.3) is 0 Å². The van der Waals surface area contributed by atoms with Gasteiger partial charge in [0.15, 0.2) is 0 Å². The fourth-order valence-corrected chi connectivity index (χ4v) is 7.84. The van der Waals surface area contributed by atoms with Gasteiger partial charge in [0.1, 0.15) is 0 Å². The van der Waals surface area contributed by atoms with Crippen LogP contribution < -0.4 is 0 Å². The smallest absolute Gasteiger partial charge is 0.0123 e. The summed E-state index contributed by atoms with van der Waals surface area (Å²) in [6, 6.07) is 1.75. The summed E-state index contributed by atoms with van der Waals surface area (Å²) in [5.74, 6) is 1.96.